The largest absolute Gasteiger partial charge is 0.321 e. The van der Waals surface area contributed by atoms with Crippen molar-refractivity contribution in [2.75, 3.05) is 0 Å². The van der Waals surface area contributed by atoms with Crippen molar-refractivity contribution in [1.82, 2.24) is 0 Å². The first-order valence-electron chi connectivity index (χ1n) is 7.79. The third-order valence-corrected chi connectivity index (χ3v) is 3.82. The topological polar surface area (TPSA) is 86.2 Å². The lowest BCUT2D eigenvalue weighted by Gasteiger charge is -2.13. The van der Waals surface area contributed by atoms with E-state index in [0.29, 0.717) is 30.4 Å². The van der Waals surface area contributed by atoms with Crippen molar-refractivity contribution in [1.29, 1.82) is 0 Å². The van der Waals surface area contributed by atoms with E-state index < -0.39 is 12.1 Å². The van der Waals surface area contributed by atoms with Crippen LogP contribution in [0, 0.1) is 0 Å². The second-order valence-corrected chi connectivity index (χ2v) is 5.60. The Bertz CT molecular complexity index is 583. The van der Waals surface area contributed by atoms with Crippen LogP contribution in [0.25, 0.3) is 0 Å². The van der Waals surface area contributed by atoms with Crippen LogP contribution in [0.5, 0.6) is 0 Å². The summed E-state index contributed by atoms with van der Waals surface area (Å²) in [5.74, 6) is -0.151. The molecule has 0 saturated carbocycles. The van der Waals surface area contributed by atoms with Crippen molar-refractivity contribution in [2.24, 2.45) is 11.5 Å². The molecule has 0 aromatic heterocycles. The molecular formula is C19H22N2O2. The van der Waals surface area contributed by atoms with Gasteiger partial charge in [-0.25, -0.2) is 0 Å². The van der Waals surface area contributed by atoms with Crippen molar-refractivity contribution in [3.05, 3.63) is 71.8 Å². The van der Waals surface area contributed by atoms with E-state index in [1.807, 2.05) is 36.4 Å². The van der Waals surface area contributed by atoms with E-state index in [4.69, 9.17) is 11.5 Å². The number of benzene rings is 2. The third kappa shape index (κ3) is 4.84. The van der Waals surface area contributed by atoms with Gasteiger partial charge in [0.2, 0.25) is 0 Å². The minimum atomic E-state index is -0.559. The normalized spacial score (nSPS) is 13.3. The van der Waals surface area contributed by atoms with Crippen LogP contribution in [-0.4, -0.2) is 23.7 Å². The van der Waals surface area contributed by atoms with Gasteiger partial charge in [0.1, 0.15) is 0 Å². The highest BCUT2D eigenvalue weighted by atomic mass is 16.1. The Balaban J connectivity index is 1.80. The monoisotopic (exact) mass is 310 g/mol. The lowest BCUT2D eigenvalue weighted by Crippen LogP contribution is -2.33. The number of hydrogen-bond acceptors (Lipinski definition) is 4. The number of nitrogens with two attached hydrogens (primary N) is 2. The zero-order chi connectivity index (χ0) is 16.7. The highest BCUT2D eigenvalue weighted by molar-refractivity contribution is 6.00. The Hall–Kier alpha value is -2.30. The molecule has 4 N–H and O–H groups in total. The zero-order valence-corrected chi connectivity index (χ0v) is 13.0. The van der Waals surface area contributed by atoms with Gasteiger partial charge in [-0.05, 0) is 19.3 Å². The summed E-state index contributed by atoms with van der Waals surface area (Å²) in [6.07, 6.45) is 1.67. The van der Waals surface area contributed by atoms with Gasteiger partial charge >= 0.3 is 0 Å². The maximum atomic E-state index is 12.2. The molecule has 0 saturated heterocycles. The number of carbonyl (C=O) groups excluding carboxylic acids is 2. The van der Waals surface area contributed by atoms with Gasteiger partial charge in [-0.3, -0.25) is 9.59 Å². The molecule has 2 aromatic carbocycles. The predicted octanol–water partition coefficient (Wildman–Crippen LogP) is 2.58. The Kier molecular flexibility index (Phi) is 6.20. The molecule has 0 aliphatic carbocycles. The van der Waals surface area contributed by atoms with Crippen molar-refractivity contribution < 1.29 is 9.59 Å². The molecule has 120 valence electrons. The van der Waals surface area contributed by atoms with E-state index >= 15 is 0 Å². The molecule has 2 rings (SSSR count). The Morgan fingerprint density at radius 3 is 1.39 bits per heavy atom. The number of hydrogen-bond donors (Lipinski definition) is 2. The molecule has 2 atom stereocenters. The number of Topliss-reactive ketones (excluding diaryl/α,β-unsaturated/α-hetero) is 2. The standard InChI is InChI=1S/C19H22N2O2/c20-16(18(22)14-8-3-1-4-9-14)12-7-13-17(21)19(23)15-10-5-2-6-11-15/h1-6,8-11,16-17H,7,12-13,20-21H2/t16-,17-/m1/s1. The molecular weight excluding hydrogens is 288 g/mol. The third-order valence-electron chi connectivity index (χ3n) is 3.82. The lowest BCUT2D eigenvalue weighted by atomic mass is 9.96. The van der Waals surface area contributed by atoms with Gasteiger partial charge in [-0.15, -0.1) is 0 Å². The number of carbonyl (C=O) groups is 2. The van der Waals surface area contributed by atoms with E-state index in [1.54, 1.807) is 24.3 Å². The molecule has 0 spiro atoms. The maximum Gasteiger partial charge on any atom is 0.179 e. The molecule has 0 fully saturated rings. The summed E-state index contributed by atoms with van der Waals surface area (Å²) in [6, 6.07) is 16.9. The highest BCUT2D eigenvalue weighted by Crippen LogP contribution is 2.11. The smallest absolute Gasteiger partial charge is 0.179 e. The molecule has 4 heteroatoms. The van der Waals surface area contributed by atoms with Gasteiger partial charge in [0.05, 0.1) is 12.1 Å². The molecule has 23 heavy (non-hydrogen) atoms. The van der Waals surface area contributed by atoms with Gasteiger partial charge in [0.25, 0.3) is 0 Å². The van der Waals surface area contributed by atoms with Crippen LogP contribution in [0.1, 0.15) is 40.0 Å². The van der Waals surface area contributed by atoms with Gasteiger partial charge in [0.15, 0.2) is 11.6 Å². The van der Waals surface area contributed by atoms with E-state index in [9.17, 15) is 9.59 Å². The van der Waals surface area contributed by atoms with Crippen LogP contribution in [0.15, 0.2) is 60.7 Å². The molecule has 0 aliphatic heterocycles. The fourth-order valence-corrected chi connectivity index (χ4v) is 2.45. The average Bonchev–Trinajstić information content (AvgIpc) is 2.61. The summed E-state index contributed by atoms with van der Waals surface area (Å²) in [6.45, 7) is 0. The quantitative estimate of drug-likeness (QED) is 0.734. The molecule has 0 radical (unpaired) electrons. The summed E-state index contributed by atoms with van der Waals surface area (Å²) < 4.78 is 0. The second kappa shape index (κ2) is 8.36. The molecule has 0 amide bonds. The minimum Gasteiger partial charge on any atom is -0.321 e. The first-order chi connectivity index (χ1) is 11.1. The van der Waals surface area contributed by atoms with Crippen LogP contribution in [0.3, 0.4) is 0 Å². The van der Waals surface area contributed by atoms with Crippen LogP contribution in [0.2, 0.25) is 0 Å². The van der Waals surface area contributed by atoms with E-state index in [1.165, 1.54) is 0 Å². The van der Waals surface area contributed by atoms with E-state index in [-0.39, 0.29) is 11.6 Å². The maximum absolute atomic E-state index is 12.2. The zero-order valence-electron chi connectivity index (χ0n) is 13.0. The van der Waals surface area contributed by atoms with Crippen LogP contribution in [-0.2, 0) is 0 Å². The molecule has 0 unspecified atom stereocenters. The lowest BCUT2D eigenvalue weighted by molar-refractivity contribution is 0.0951. The van der Waals surface area contributed by atoms with Gasteiger partial charge in [0, 0.05) is 11.1 Å². The van der Waals surface area contributed by atoms with Crippen LogP contribution < -0.4 is 11.5 Å². The van der Waals surface area contributed by atoms with E-state index in [2.05, 4.69) is 0 Å². The summed E-state index contributed by atoms with van der Waals surface area (Å²) >= 11 is 0. The number of ketones is 2. The van der Waals surface area contributed by atoms with Crippen molar-refractivity contribution in [2.45, 2.75) is 31.3 Å². The molecule has 2 aromatic rings. The Morgan fingerprint density at radius 1 is 0.696 bits per heavy atom. The van der Waals surface area contributed by atoms with Gasteiger partial charge in [-0.2, -0.15) is 0 Å². The van der Waals surface area contributed by atoms with E-state index in [0.717, 1.165) is 0 Å². The molecule has 0 aliphatic rings. The fraction of sp³-hybridized carbons (Fsp3) is 0.263. The first kappa shape index (κ1) is 17.1. The SMILES string of the molecule is N[C@H](CCC[C@@H](N)C(=O)c1ccccc1)C(=O)c1ccccc1. The molecule has 0 bridgehead atoms. The minimum absolute atomic E-state index is 0.0754. The van der Waals surface area contributed by atoms with Crippen LogP contribution >= 0.6 is 0 Å². The fourth-order valence-electron chi connectivity index (χ4n) is 2.45. The van der Waals surface area contributed by atoms with Crippen molar-refractivity contribution >= 4 is 11.6 Å². The predicted molar refractivity (Wildman–Crippen MR) is 91.3 cm³/mol. The summed E-state index contributed by atoms with van der Waals surface area (Å²) in [7, 11) is 0. The highest BCUT2D eigenvalue weighted by Gasteiger charge is 2.18. The average molecular weight is 310 g/mol. The van der Waals surface area contributed by atoms with Crippen molar-refractivity contribution in [3.8, 4) is 0 Å². The van der Waals surface area contributed by atoms with Gasteiger partial charge in [-0.1, -0.05) is 60.7 Å². The van der Waals surface area contributed by atoms with Crippen molar-refractivity contribution in [3.63, 3.8) is 0 Å². The summed E-state index contributed by atoms with van der Waals surface area (Å²) in [5.41, 5.74) is 13.1. The summed E-state index contributed by atoms with van der Waals surface area (Å²) in [4.78, 5) is 24.3. The van der Waals surface area contributed by atoms with Crippen LogP contribution in [0.4, 0.5) is 0 Å². The second-order valence-electron chi connectivity index (χ2n) is 5.60. The molecule has 4 nitrogen and oxygen atoms in total. The molecule has 0 heterocycles. The Morgan fingerprint density at radius 2 is 1.04 bits per heavy atom. The Labute approximate surface area is 136 Å². The summed E-state index contributed by atoms with van der Waals surface area (Å²) in [5, 5.41) is 0. The first-order valence-corrected chi connectivity index (χ1v) is 7.79. The van der Waals surface area contributed by atoms with Gasteiger partial charge < -0.3 is 11.5 Å². The number of rotatable bonds is 8.